The van der Waals surface area contributed by atoms with E-state index in [-0.39, 0.29) is 12.3 Å². The molecule has 0 unspecified atom stereocenters. The standard InChI is InChI=1S/C8H13N3O3/c1-6-7(9-10-11(6)2)8(12)14-5-4-13-3/h4-5H2,1-3H3. The summed E-state index contributed by atoms with van der Waals surface area (Å²) in [5, 5.41) is 7.39. The zero-order valence-corrected chi connectivity index (χ0v) is 8.48. The van der Waals surface area contributed by atoms with E-state index in [4.69, 9.17) is 9.47 Å². The number of hydrogen-bond acceptors (Lipinski definition) is 5. The van der Waals surface area contributed by atoms with E-state index >= 15 is 0 Å². The largest absolute Gasteiger partial charge is 0.458 e. The molecule has 0 aliphatic heterocycles. The third kappa shape index (κ3) is 2.29. The van der Waals surface area contributed by atoms with Gasteiger partial charge in [0.2, 0.25) is 0 Å². The van der Waals surface area contributed by atoms with Gasteiger partial charge in [-0.25, -0.2) is 4.79 Å². The molecule has 1 aromatic heterocycles. The van der Waals surface area contributed by atoms with Gasteiger partial charge in [-0.2, -0.15) is 0 Å². The summed E-state index contributed by atoms with van der Waals surface area (Å²) < 4.78 is 11.1. The maximum absolute atomic E-state index is 11.4. The first-order valence-corrected chi connectivity index (χ1v) is 4.19. The third-order valence-electron chi connectivity index (χ3n) is 1.82. The van der Waals surface area contributed by atoms with Crippen molar-refractivity contribution in [2.24, 2.45) is 7.05 Å². The van der Waals surface area contributed by atoms with E-state index in [1.165, 1.54) is 4.68 Å². The fourth-order valence-corrected chi connectivity index (χ4v) is 0.879. The second kappa shape index (κ2) is 4.71. The predicted octanol–water partition coefficient (Wildman–Crippen LogP) is -0.0733. The third-order valence-corrected chi connectivity index (χ3v) is 1.82. The number of methoxy groups -OCH3 is 1. The van der Waals surface area contributed by atoms with Crippen molar-refractivity contribution in [3.05, 3.63) is 11.4 Å². The number of aromatic nitrogens is 3. The Hall–Kier alpha value is -1.43. The van der Waals surface area contributed by atoms with E-state index in [2.05, 4.69) is 10.3 Å². The number of hydrogen-bond donors (Lipinski definition) is 0. The highest BCUT2D eigenvalue weighted by atomic mass is 16.6. The number of esters is 1. The van der Waals surface area contributed by atoms with Crippen LogP contribution in [-0.2, 0) is 16.5 Å². The fourth-order valence-electron chi connectivity index (χ4n) is 0.879. The summed E-state index contributed by atoms with van der Waals surface area (Å²) in [4.78, 5) is 11.4. The van der Waals surface area contributed by atoms with Gasteiger partial charge in [0.05, 0.1) is 12.3 Å². The predicted molar refractivity (Wildman–Crippen MR) is 47.9 cm³/mol. The summed E-state index contributed by atoms with van der Waals surface area (Å²) in [7, 11) is 3.26. The molecule has 0 aromatic carbocycles. The molecule has 0 N–H and O–H groups in total. The molecule has 6 heteroatoms. The molecule has 0 aliphatic carbocycles. The van der Waals surface area contributed by atoms with Crippen molar-refractivity contribution in [1.29, 1.82) is 0 Å². The van der Waals surface area contributed by atoms with E-state index in [0.29, 0.717) is 12.3 Å². The number of aryl methyl sites for hydroxylation is 1. The van der Waals surface area contributed by atoms with Crippen molar-refractivity contribution in [2.45, 2.75) is 6.92 Å². The van der Waals surface area contributed by atoms with Gasteiger partial charge in [0.25, 0.3) is 0 Å². The highest BCUT2D eigenvalue weighted by Gasteiger charge is 2.15. The monoisotopic (exact) mass is 199 g/mol. The molecule has 0 aliphatic rings. The highest BCUT2D eigenvalue weighted by molar-refractivity contribution is 5.88. The van der Waals surface area contributed by atoms with Crippen LogP contribution in [0.5, 0.6) is 0 Å². The van der Waals surface area contributed by atoms with Crippen molar-refractivity contribution in [3.8, 4) is 0 Å². The van der Waals surface area contributed by atoms with Crippen LogP contribution in [0.25, 0.3) is 0 Å². The molecule has 78 valence electrons. The van der Waals surface area contributed by atoms with Gasteiger partial charge in [0.1, 0.15) is 6.61 Å². The van der Waals surface area contributed by atoms with Crippen LogP contribution in [0.4, 0.5) is 0 Å². The smallest absolute Gasteiger partial charge is 0.360 e. The average Bonchev–Trinajstić information content (AvgIpc) is 2.48. The zero-order valence-electron chi connectivity index (χ0n) is 8.48. The summed E-state index contributed by atoms with van der Waals surface area (Å²) in [6.07, 6.45) is 0. The Morgan fingerprint density at radius 3 is 2.71 bits per heavy atom. The van der Waals surface area contributed by atoms with Crippen molar-refractivity contribution < 1.29 is 14.3 Å². The first-order chi connectivity index (χ1) is 6.66. The van der Waals surface area contributed by atoms with Gasteiger partial charge < -0.3 is 9.47 Å². The van der Waals surface area contributed by atoms with Gasteiger partial charge in [-0.1, -0.05) is 5.21 Å². The van der Waals surface area contributed by atoms with Gasteiger partial charge >= 0.3 is 5.97 Å². The second-order valence-electron chi connectivity index (χ2n) is 2.78. The van der Waals surface area contributed by atoms with Crippen LogP contribution in [0, 0.1) is 6.92 Å². The molecule has 0 fully saturated rings. The summed E-state index contributed by atoms with van der Waals surface area (Å²) in [6.45, 7) is 2.36. The molecular formula is C8H13N3O3. The molecule has 6 nitrogen and oxygen atoms in total. The maximum Gasteiger partial charge on any atom is 0.360 e. The van der Waals surface area contributed by atoms with E-state index in [1.54, 1.807) is 21.1 Å². The normalized spacial score (nSPS) is 10.2. The second-order valence-corrected chi connectivity index (χ2v) is 2.78. The van der Waals surface area contributed by atoms with Crippen LogP contribution in [0.3, 0.4) is 0 Å². The molecule has 14 heavy (non-hydrogen) atoms. The van der Waals surface area contributed by atoms with Crippen molar-refractivity contribution >= 4 is 5.97 Å². The molecule has 0 spiro atoms. The molecule has 0 bridgehead atoms. The molecule has 0 saturated carbocycles. The van der Waals surface area contributed by atoms with Crippen LogP contribution in [0.1, 0.15) is 16.2 Å². The van der Waals surface area contributed by atoms with Crippen LogP contribution < -0.4 is 0 Å². The Labute approximate surface area is 81.8 Å². The Kier molecular flexibility index (Phi) is 3.58. The summed E-state index contributed by atoms with van der Waals surface area (Å²) in [6, 6.07) is 0. The van der Waals surface area contributed by atoms with Crippen LogP contribution in [0.15, 0.2) is 0 Å². The first-order valence-electron chi connectivity index (χ1n) is 4.19. The van der Waals surface area contributed by atoms with Crippen molar-refractivity contribution in [2.75, 3.05) is 20.3 Å². The molecule has 1 heterocycles. The van der Waals surface area contributed by atoms with Gasteiger partial charge in [0, 0.05) is 14.2 Å². The number of carbonyl (C=O) groups is 1. The van der Waals surface area contributed by atoms with Crippen molar-refractivity contribution in [1.82, 2.24) is 15.0 Å². The van der Waals surface area contributed by atoms with Gasteiger partial charge in [-0.05, 0) is 6.92 Å². The average molecular weight is 199 g/mol. The zero-order chi connectivity index (χ0) is 10.6. The molecule has 0 amide bonds. The molecule has 0 atom stereocenters. The summed E-state index contributed by atoms with van der Waals surface area (Å²) in [5.41, 5.74) is 0.941. The van der Waals surface area contributed by atoms with E-state index in [9.17, 15) is 4.79 Å². The lowest BCUT2D eigenvalue weighted by molar-refractivity contribution is 0.0380. The number of carbonyl (C=O) groups excluding carboxylic acids is 1. The van der Waals surface area contributed by atoms with Crippen LogP contribution in [0.2, 0.25) is 0 Å². The molecule has 0 radical (unpaired) electrons. The van der Waals surface area contributed by atoms with Gasteiger partial charge in [-0.3, -0.25) is 4.68 Å². The van der Waals surface area contributed by atoms with Crippen LogP contribution in [-0.4, -0.2) is 41.3 Å². The van der Waals surface area contributed by atoms with Crippen LogP contribution >= 0.6 is 0 Å². The maximum atomic E-state index is 11.4. The summed E-state index contributed by atoms with van der Waals surface area (Å²) >= 11 is 0. The molecular weight excluding hydrogens is 186 g/mol. The number of nitrogens with zero attached hydrogens (tertiary/aromatic N) is 3. The number of ether oxygens (including phenoxy) is 2. The minimum absolute atomic E-state index is 0.228. The lowest BCUT2D eigenvalue weighted by atomic mass is 10.3. The Bertz CT molecular complexity index is 322. The summed E-state index contributed by atoms with van der Waals surface area (Å²) in [5.74, 6) is -0.465. The lowest BCUT2D eigenvalue weighted by Gasteiger charge is -2.01. The SMILES string of the molecule is COCCOC(=O)c1nnn(C)c1C. The highest BCUT2D eigenvalue weighted by Crippen LogP contribution is 2.03. The molecule has 1 rings (SSSR count). The Morgan fingerprint density at radius 1 is 1.50 bits per heavy atom. The Morgan fingerprint density at radius 2 is 2.21 bits per heavy atom. The lowest BCUT2D eigenvalue weighted by Crippen LogP contribution is -2.11. The topological polar surface area (TPSA) is 66.2 Å². The van der Waals surface area contributed by atoms with Gasteiger partial charge in [0.15, 0.2) is 5.69 Å². The molecule has 1 aromatic rings. The first kappa shape index (κ1) is 10.6. The van der Waals surface area contributed by atoms with Gasteiger partial charge in [-0.15, -0.1) is 5.10 Å². The van der Waals surface area contributed by atoms with Crippen molar-refractivity contribution in [3.63, 3.8) is 0 Å². The van der Waals surface area contributed by atoms with E-state index < -0.39 is 5.97 Å². The molecule has 0 saturated heterocycles. The number of rotatable bonds is 4. The quantitative estimate of drug-likeness (QED) is 0.501. The Balaban J connectivity index is 2.56. The minimum atomic E-state index is -0.465. The van der Waals surface area contributed by atoms with E-state index in [0.717, 1.165) is 0 Å². The fraction of sp³-hybridized carbons (Fsp3) is 0.625. The van der Waals surface area contributed by atoms with E-state index in [1.807, 2.05) is 0 Å². The minimum Gasteiger partial charge on any atom is -0.458 e.